The van der Waals surface area contributed by atoms with E-state index in [4.69, 9.17) is 5.73 Å². The highest BCUT2D eigenvalue weighted by Gasteiger charge is 2.18. The minimum atomic E-state index is -0.0130. The van der Waals surface area contributed by atoms with Gasteiger partial charge in [-0.05, 0) is 42.9 Å². The molecule has 18 heavy (non-hydrogen) atoms. The molecule has 3 nitrogen and oxygen atoms in total. The fraction of sp³-hybridized carbons (Fsp3) is 0.533. The number of carbonyl (C=O) groups is 1. The van der Waals surface area contributed by atoms with Crippen molar-refractivity contribution in [3.63, 3.8) is 0 Å². The van der Waals surface area contributed by atoms with Gasteiger partial charge in [-0.3, -0.25) is 4.79 Å². The Hall–Kier alpha value is -1.51. The molecule has 0 aliphatic heterocycles. The van der Waals surface area contributed by atoms with E-state index in [2.05, 4.69) is 12.2 Å². The minimum Gasteiger partial charge on any atom is -0.399 e. The lowest BCUT2D eigenvalue weighted by molar-refractivity contribution is 0.0942. The molecule has 3 N–H and O–H groups in total. The van der Waals surface area contributed by atoms with Crippen molar-refractivity contribution in [3.05, 3.63) is 29.8 Å². The van der Waals surface area contributed by atoms with E-state index >= 15 is 0 Å². The van der Waals surface area contributed by atoms with Gasteiger partial charge in [-0.15, -0.1) is 0 Å². The van der Waals surface area contributed by atoms with E-state index in [1.54, 1.807) is 18.2 Å². The number of hydrogen-bond acceptors (Lipinski definition) is 2. The van der Waals surface area contributed by atoms with Crippen molar-refractivity contribution in [2.45, 2.75) is 32.6 Å². The second kappa shape index (κ2) is 5.89. The van der Waals surface area contributed by atoms with Crippen LogP contribution in [0.5, 0.6) is 0 Å². The van der Waals surface area contributed by atoms with Crippen LogP contribution in [0.1, 0.15) is 43.0 Å². The smallest absolute Gasteiger partial charge is 0.251 e. The molecule has 0 spiro atoms. The number of benzene rings is 1. The maximum absolute atomic E-state index is 11.9. The van der Waals surface area contributed by atoms with Gasteiger partial charge in [-0.2, -0.15) is 0 Å². The van der Waals surface area contributed by atoms with Crippen molar-refractivity contribution in [2.24, 2.45) is 11.8 Å². The molecule has 1 aliphatic carbocycles. The second-order valence-electron chi connectivity index (χ2n) is 5.46. The predicted octanol–water partition coefficient (Wildman–Crippen LogP) is 2.82. The van der Waals surface area contributed by atoms with E-state index in [0.29, 0.717) is 17.2 Å². The molecule has 0 heterocycles. The zero-order valence-electron chi connectivity index (χ0n) is 11.0. The molecule has 0 bridgehead atoms. The van der Waals surface area contributed by atoms with E-state index in [0.717, 1.165) is 12.5 Å². The first-order valence-corrected chi connectivity index (χ1v) is 6.79. The van der Waals surface area contributed by atoms with Crippen LogP contribution >= 0.6 is 0 Å². The van der Waals surface area contributed by atoms with E-state index < -0.39 is 0 Å². The normalized spacial score (nSPS) is 23.6. The van der Waals surface area contributed by atoms with Gasteiger partial charge in [0.05, 0.1) is 0 Å². The van der Waals surface area contributed by atoms with Gasteiger partial charge in [-0.25, -0.2) is 0 Å². The van der Waals surface area contributed by atoms with Gasteiger partial charge in [0.2, 0.25) is 0 Å². The van der Waals surface area contributed by atoms with Crippen LogP contribution in [0.15, 0.2) is 24.3 Å². The monoisotopic (exact) mass is 246 g/mol. The molecule has 1 aliphatic rings. The lowest BCUT2D eigenvalue weighted by Gasteiger charge is -2.26. The topological polar surface area (TPSA) is 55.1 Å². The van der Waals surface area contributed by atoms with Gasteiger partial charge in [0.1, 0.15) is 0 Å². The molecule has 0 unspecified atom stereocenters. The number of hydrogen-bond donors (Lipinski definition) is 2. The molecule has 1 fully saturated rings. The summed E-state index contributed by atoms with van der Waals surface area (Å²) in [5.41, 5.74) is 6.96. The first-order valence-electron chi connectivity index (χ1n) is 6.79. The maximum Gasteiger partial charge on any atom is 0.251 e. The minimum absolute atomic E-state index is 0.0130. The largest absolute Gasteiger partial charge is 0.399 e. The van der Waals surface area contributed by atoms with E-state index in [1.165, 1.54) is 25.7 Å². The molecular weight excluding hydrogens is 224 g/mol. The number of carbonyl (C=O) groups excluding carboxylic acids is 1. The summed E-state index contributed by atoms with van der Waals surface area (Å²) in [5, 5.41) is 3.02. The Morgan fingerprint density at radius 1 is 1.33 bits per heavy atom. The Bertz CT molecular complexity index is 409. The number of nitrogens with two attached hydrogens (primary N) is 1. The third kappa shape index (κ3) is 3.49. The Morgan fingerprint density at radius 2 is 2.06 bits per heavy atom. The zero-order valence-corrected chi connectivity index (χ0v) is 11.0. The molecule has 2 rings (SSSR count). The number of anilines is 1. The van der Waals surface area contributed by atoms with Crippen LogP contribution in [0, 0.1) is 11.8 Å². The van der Waals surface area contributed by atoms with Crippen LogP contribution in [0.25, 0.3) is 0 Å². The van der Waals surface area contributed by atoms with E-state index in [9.17, 15) is 4.79 Å². The molecule has 98 valence electrons. The highest BCUT2D eigenvalue weighted by atomic mass is 16.1. The SMILES string of the molecule is CC1CCC(CNC(=O)c2cccc(N)c2)CC1. The third-order valence-electron chi connectivity index (χ3n) is 3.84. The van der Waals surface area contributed by atoms with Crippen molar-refractivity contribution in [3.8, 4) is 0 Å². The number of nitrogen functional groups attached to an aromatic ring is 1. The fourth-order valence-corrected chi connectivity index (χ4v) is 2.55. The van der Waals surface area contributed by atoms with Crippen LogP contribution in [0.2, 0.25) is 0 Å². The van der Waals surface area contributed by atoms with E-state index in [-0.39, 0.29) is 5.91 Å². The summed E-state index contributed by atoms with van der Waals surface area (Å²) in [6.07, 6.45) is 5.05. The van der Waals surface area contributed by atoms with Gasteiger partial charge in [0.25, 0.3) is 5.91 Å². The summed E-state index contributed by atoms with van der Waals surface area (Å²) >= 11 is 0. The summed E-state index contributed by atoms with van der Waals surface area (Å²) in [7, 11) is 0. The first-order chi connectivity index (χ1) is 8.65. The maximum atomic E-state index is 11.9. The Kier molecular flexibility index (Phi) is 4.24. The highest BCUT2D eigenvalue weighted by Crippen LogP contribution is 2.27. The molecule has 0 radical (unpaired) electrons. The zero-order chi connectivity index (χ0) is 13.0. The van der Waals surface area contributed by atoms with Crippen LogP contribution in [0.3, 0.4) is 0 Å². The molecule has 3 heteroatoms. The van der Waals surface area contributed by atoms with Crippen LogP contribution < -0.4 is 11.1 Å². The standard InChI is InChI=1S/C15H22N2O/c1-11-5-7-12(8-6-11)10-17-15(18)13-3-2-4-14(16)9-13/h2-4,9,11-12H,5-8,10,16H2,1H3,(H,17,18). The van der Waals surface area contributed by atoms with Gasteiger partial charge in [-0.1, -0.05) is 25.8 Å². The molecule has 0 saturated heterocycles. The Labute approximate surface area is 109 Å². The van der Waals surface area contributed by atoms with Crippen LogP contribution in [0.4, 0.5) is 5.69 Å². The van der Waals surface area contributed by atoms with Crippen molar-refractivity contribution in [2.75, 3.05) is 12.3 Å². The molecular formula is C15H22N2O. The summed E-state index contributed by atoms with van der Waals surface area (Å²) < 4.78 is 0. The number of nitrogens with one attached hydrogen (secondary N) is 1. The molecule has 0 aromatic heterocycles. The van der Waals surface area contributed by atoms with Crippen molar-refractivity contribution in [1.82, 2.24) is 5.32 Å². The summed E-state index contributed by atoms with van der Waals surface area (Å²) in [6.45, 7) is 3.10. The summed E-state index contributed by atoms with van der Waals surface area (Å²) in [6, 6.07) is 7.12. The van der Waals surface area contributed by atoms with Gasteiger partial charge in [0.15, 0.2) is 0 Å². The average Bonchev–Trinajstić information content (AvgIpc) is 2.38. The molecule has 1 aromatic rings. The van der Waals surface area contributed by atoms with Crippen molar-refractivity contribution >= 4 is 11.6 Å². The van der Waals surface area contributed by atoms with Crippen molar-refractivity contribution < 1.29 is 4.79 Å². The Balaban J connectivity index is 1.81. The fourth-order valence-electron chi connectivity index (χ4n) is 2.55. The molecule has 1 aromatic carbocycles. The van der Waals surface area contributed by atoms with Gasteiger partial charge in [0, 0.05) is 17.8 Å². The van der Waals surface area contributed by atoms with Gasteiger partial charge >= 0.3 is 0 Å². The molecule has 1 saturated carbocycles. The van der Waals surface area contributed by atoms with E-state index in [1.807, 2.05) is 6.07 Å². The Morgan fingerprint density at radius 3 is 2.72 bits per heavy atom. The van der Waals surface area contributed by atoms with Crippen molar-refractivity contribution in [1.29, 1.82) is 0 Å². The number of rotatable bonds is 3. The number of amides is 1. The van der Waals surface area contributed by atoms with Crippen LogP contribution in [-0.4, -0.2) is 12.5 Å². The lowest BCUT2D eigenvalue weighted by Crippen LogP contribution is -2.31. The quantitative estimate of drug-likeness (QED) is 0.806. The third-order valence-corrected chi connectivity index (χ3v) is 3.84. The average molecular weight is 246 g/mol. The first kappa shape index (κ1) is 12.9. The molecule has 1 amide bonds. The summed E-state index contributed by atoms with van der Waals surface area (Å²) in [5.74, 6) is 1.48. The lowest BCUT2D eigenvalue weighted by atomic mass is 9.83. The predicted molar refractivity (Wildman–Crippen MR) is 74.3 cm³/mol. The van der Waals surface area contributed by atoms with Crippen LogP contribution in [-0.2, 0) is 0 Å². The second-order valence-corrected chi connectivity index (χ2v) is 5.46. The summed E-state index contributed by atoms with van der Waals surface area (Å²) in [4.78, 5) is 11.9. The molecule has 0 atom stereocenters. The van der Waals surface area contributed by atoms with Gasteiger partial charge < -0.3 is 11.1 Å². The highest BCUT2D eigenvalue weighted by molar-refractivity contribution is 5.94.